The van der Waals surface area contributed by atoms with Gasteiger partial charge in [0.05, 0.1) is 17.5 Å². The van der Waals surface area contributed by atoms with Gasteiger partial charge in [-0.2, -0.15) is 5.10 Å². The first-order valence-corrected chi connectivity index (χ1v) is 6.98. The van der Waals surface area contributed by atoms with Gasteiger partial charge in [-0.25, -0.2) is 4.68 Å². The van der Waals surface area contributed by atoms with Gasteiger partial charge in [0.15, 0.2) is 0 Å². The largest absolute Gasteiger partial charge is 0.389 e. The van der Waals surface area contributed by atoms with Crippen molar-refractivity contribution < 1.29 is 5.11 Å². The molecule has 3 nitrogen and oxygen atoms in total. The normalized spacial score (nSPS) is 16.8. The maximum Gasteiger partial charge on any atom is 0.0772 e. The molecule has 0 saturated heterocycles. The molecule has 1 aliphatic carbocycles. The molecule has 1 aromatic heterocycles. The van der Waals surface area contributed by atoms with Crippen LogP contribution >= 0.6 is 15.9 Å². The summed E-state index contributed by atoms with van der Waals surface area (Å²) in [6.07, 6.45) is 4.06. The van der Waals surface area contributed by atoms with Crippen molar-refractivity contribution in [3.05, 3.63) is 46.2 Å². The molecule has 1 fully saturated rings. The van der Waals surface area contributed by atoms with Crippen LogP contribution in [-0.2, 0) is 0 Å². The van der Waals surface area contributed by atoms with Crippen LogP contribution in [0.3, 0.4) is 0 Å². The lowest BCUT2D eigenvalue weighted by Crippen LogP contribution is -1.98. The fraction of sp³-hybridized carbons (Fsp3) is 0.357. The molecule has 3 rings (SSSR count). The van der Waals surface area contributed by atoms with E-state index in [9.17, 15) is 5.11 Å². The Morgan fingerprint density at radius 3 is 2.78 bits per heavy atom. The Kier molecular flexibility index (Phi) is 2.99. The summed E-state index contributed by atoms with van der Waals surface area (Å²) in [5.74, 6) is 0.673. The van der Waals surface area contributed by atoms with Crippen molar-refractivity contribution in [3.63, 3.8) is 0 Å². The van der Waals surface area contributed by atoms with Crippen LogP contribution in [0.1, 0.15) is 43.0 Å². The Balaban J connectivity index is 1.93. The van der Waals surface area contributed by atoms with Gasteiger partial charge in [0.1, 0.15) is 0 Å². The summed E-state index contributed by atoms with van der Waals surface area (Å²) in [5.41, 5.74) is 3.09. The molecule has 1 aromatic carbocycles. The van der Waals surface area contributed by atoms with E-state index in [0.29, 0.717) is 5.92 Å². The predicted molar refractivity (Wildman–Crippen MR) is 73.9 cm³/mol. The van der Waals surface area contributed by atoms with Crippen LogP contribution in [0, 0.1) is 0 Å². The zero-order valence-corrected chi connectivity index (χ0v) is 11.8. The monoisotopic (exact) mass is 306 g/mol. The number of rotatable bonds is 3. The lowest BCUT2D eigenvalue weighted by molar-refractivity contribution is 0.198. The summed E-state index contributed by atoms with van der Waals surface area (Å²) >= 11 is 3.49. The average molecular weight is 307 g/mol. The van der Waals surface area contributed by atoms with Crippen molar-refractivity contribution in [2.45, 2.75) is 31.8 Å². The van der Waals surface area contributed by atoms with Gasteiger partial charge in [-0.1, -0.05) is 22.0 Å². The summed E-state index contributed by atoms with van der Waals surface area (Å²) in [5, 5.41) is 14.2. The van der Waals surface area contributed by atoms with Gasteiger partial charge in [0, 0.05) is 16.6 Å². The molecule has 1 unspecified atom stereocenters. The summed E-state index contributed by atoms with van der Waals surface area (Å²) < 4.78 is 2.81. The smallest absolute Gasteiger partial charge is 0.0772 e. The number of nitrogens with zero attached hydrogens (tertiary/aromatic N) is 2. The van der Waals surface area contributed by atoms with E-state index >= 15 is 0 Å². The Morgan fingerprint density at radius 2 is 2.17 bits per heavy atom. The first kappa shape index (κ1) is 11.9. The van der Waals surface area contributed by atoms with Gasteiger partial charge in [0.2, 0.25) is 0 Å². The molecule has 0 bridgehead atoms. The average Bonchev–Trinajstić information content (AvgIpc) is 3.06. The number of halogens is 1. The second kappa shape index (κ2) is 4.52. The fourth-order valence-corrected chi connectivity index (χ4v) is 2.77. The van der Waals surface area contributed by atoms with Crippen LogP contribution in [0.4, 0.5) is 0 Å². The number of hydrogen-bond acceptors (Lipinski definition) is 2. The molecule has 1 N–H and O–H groups in total. The predicted octanol–water partition coefficient (Wildman–Crippen LogP) is 3.57. The molecule has 1 saturated carbocycles. The van der Waals surface area contributed by atoms with Gasteiger partial charge in [-0.3, -0.25) is 0 Å². The van der Waals surface area contributed by atoms with E-state index < -0.39 is 6.10 Å². The first-order valence-electron chi connectivity index (χ1n) is 6.18. The number of aliphatic hydroxyl groups is 1. The highest BCUT2D eigenvalue weighted by Gasteiger charge is 2.25. The molecule has 1 heterocycles. The second-order valence-corrected chi connectivity index (χ2v) is 5.70. The lowest BCUT2D eigenvalue weighted by Gasteiger charge is -2.09. The van der Waals surface area contributed by atoms with Crippen LogP contribution in [0.2, 0.25) is 0 Å². The van der Waals surface area contributed by atoms with E-state index in [4.69, 9.17) is 0 Å². The van der Waals surface area contributed by atoms with Crippen molar-refractivity contribution >= 4 is 15.9 Å². The van der Waals surface area contributed by atoms with Gasteiger partial charge >= 0.3 is 0 Å². The van der Waals surface area contributed by atoms with E-state index in [0.717, 1.165) is 15.7 Å². The molecular formula is C14H15BrN2O. The minimum absolute atomic E-state index is 0.465. The molecule has 1 aliphatic rings. The minimum Gasteiger partial charge on any atom is -0.389 e. The summed E-state index contributed by atoms with van der Waals surface area (Å²) in [7, 11) is 0. The Labute approximate surface area is 115 Å². The molecule has 0 aliphatic heterocycles. The molecular weight excluding hydrogens is 292 g/mol. The topological polar surface area (TPSA) is 38.0 Å². The van der Waals surface area contributed by atoms with E-state index in [1.54, 1.807) is 6.92 Å². The highest BCUT2D eigenvalue weighted by molar-refractivity contribution is 9.10. The van der Waals surface area contributed by atoms with Crippen molar-refractivity contribution in [1.82, 2.24) is 9.78 Å². The van der Waals surface area contributed by atoms with E-state index in [1.165, 1.54) is 18.5 Å². The van der Waals surface area contributed by atoms with E-state index in [2.05, 4.69) is 27.1 Å². The third-order valence-electron chi connectivity index (χ3n) is 3.30. The van der Waals surface area contributed by atoms with Crippen molar-refractivity contribution in [3.8, 4) is 5.69 Å². The Hall–Kier alpha value is -1.13. The Bertz CT molecular complexity index is 573. The van der Waals surface area contributed by atoms with Crippen LogP contribution in [0.15, 0.2) is 34.9 Å². The number of aliphatic hydroxyl groups excluding tert-OH is 1. The SMILES string of the molecule is CC(O)c1ccc(-n2ccc(C3CC3)n2)cc1Br. The number of aromatic nitrogens is 2. The highest BCUT2D eigenvalue weighted by Crippen LogP contribution is 2.39. The minimum atomic E-state index is -0.465. The molecule has 1 atom stereocenters. The molecule has 18 heavy (non-hydrogen) atoms. The van der Waals surface area contributed by atoms with Crippen molar-refractivity contribution in [2.24, 2.45) is 0 Å². The third kappa shape index (κ3) is 2.22. The van der Waals surface area contributed by atoms with Crippen LogP contribution in [-0.4, -0.2) is 14.9 Å². The van der Waals surface area contributed by atoms with Gasteiger partial charge in [-0.05, 0) is 43.5 Å². The second-order valence-electron chi connectivity index (χ2n) is 4.84. The fourth-order valence-electron chi connectivity index (χ4n) is 2.08. The summed E-state index contributed by atoms with van der Waals surface area (Å²) in [4.78, 5) is 0. The third-order valence-corrected chi connectivity index (χ3v) is 3.99. The molecule has 2 aromatic rings. The van der Waals surface area contributed by atoms with Crippen molar-refractivity contribution in [1.29, 1.82) is 0 Å². The highest BCUT2D eigenvalue weighted by atomic mass is 79.9. The number of benzene rings is 1. The zero-order chi connectivity index (χ0) is 12.7. The standard InChI is InChI=1S/C14H15BrN2O/c1-9(18)12-5-4-11(8-13(12)15)17-7-6-14(16-17)10-2-3-10/h4-10,18H,2-3H2,1H3. The van der Waals surface area contributed by atoms with Gasteiger partial charge in [-0.15, -0.1) is 0 Å². The molecule has 0 radical (unpaired) electrons. The van der Waals surface area contributed by atoms with Gasteiger partial charge in [0.25, 0.3) is 0 Å². The molecule has 94 valence electrons. The maximum absolute atomic E-state index is 9.60. The summed E-state index contributed by atoms with van der Waals surface area (Å²) in [6.45, 7) is 1.76. The molecule has 0 amide bonds. The van der Waals surface area contributed by atoms with Crippen LogP contribution in [0.5, 0.6) is 0 Å². The maximum atomic E-state index is 9.60. The first-order chi connectivity index (χ1) is 8.65. The Morgan fingerprint density at radius 1 is 1.39 bits per heavy atom. The zero-order valence-electron chi connectivity index (χ0n) is 10.2. The lowest BCUT2D eigenvalue weighted by atomic mass is 10.1. The molecule has 4 heteroatoms. The quantitative estimate of drug-likeness (QED) is 0.941. The van der Waals surface area contributed by atoms with Crippen LogP contribution < -0.4 is 0 Å². The van der Waals surface area contributed by atoms with Gasteiger partial charge < -0.3 is 5.11 Å². The molecule has 0 spiro atoms. The summed E-state index contributed by atoms with van der Waals surface area (Å²) in [6, 6.07) is 8.00. The van der Waals surface area contributed by atoms with Crippen LogP contribution in [0.25, 0.3) is 5.69 Å². The van der Waals surface area contributed by atoms with E-state index in [-0.39, 0.29) is 0 Å². The van der Waals surface area contributed by atoms with E-state index in [1.807, 2.05) is 29.1 Å². The van der Waals surface area contributed by atoms with Crippen molar-refractivity contribution in [2.75, 3.05) is 0 Å². The number of hydrogen-bond donors (Lipinski definition) is 1.